The van der Waals surface area contributed by atoms with Gasteiger partial charge < -0.3 is 14.6 Å². The first-order valence-electron chi connectivity index (χ1n) is 8.60. The highest BCUT2D eigenvalue weighted by Gasteiger charge is 2.24. The van der Waals surface area contributed by atoms with Crippen LogP contribution >= 0.6 is 0 Å². The predicted octanol–water partition coefficient (Wildman–Crippen LogP) is 1.96. The number of anilines is 1. The molecular formula is C17H25N5O2. The van der Waals surface area contributed by atoms with Gasteiger partial charge in [-0.05, 0) is 39.2 Å². The molecule has 0 spiro atoms. The third-order valence-corrected chi connectivity index (χ3v) is 4.38. The lowest BCUT2D eigenvalue weighted by molar-refractivity contribution is 0.410. The molecule has 0 aromatic carbocycles. The second-order valence-electron chi connectivity index (χ2n) is 6.51. The Balaban J connectivity index is 1.69. The summed E-state index contributed by atoms with van der Waals surface area (Å²) in [7, 11) is 0. The fourth-order valence-corrected chi connectivity index (χ4v) is 3.14. The normalized spacial score (nSPS) is 18.3. The Morgan fingerprint density at radius 3 is 3.00 bits per heavy atom. The average molecular weight is 331 g/mol. The molecule has 7 nitrogen and oxygen atoms in total. The molecule has 7 heteroatoms. The number of hydrogen-bond donors (Lipinski definition) is 1. The Kier molecular flexibility index (Phi) is 5.30. The molecule has 130 valence electrons. The van der Waals surface area contributed by atoms with E-state index in [0.29, 0.717) is 12.6 Å². The Labute approximate surface area is 141 Å². The molecule has 1 saturated heterocycles. The van der Waals surface area contributed by atoms with Gasteiger partial charge in [-0.2, -0.15) is 5.10 Å². The molecule has 0 saturated carbocycles. The van der Waals surface area contributed by atoms with Gasteiger partial charge in [0.1, 0.15) is 11.6 Å². The van der Waals surface area contributed by atoms with E-state index < -0.39 is 0 Å². The summed E-state index contributed by atoms with van der Waals surface area (Å²) in [6.07, 6.45) is 6.66. The van der Waals surface area contributed by atoms with Crippen LogP contribution in [0.25, 0.3) is 0 Å². The van der Waals surface area contributed by atoms with Crippen molar-refractivity contribution >= 4 is 5.82 Å². The molecule has 0 amide bonds. The van der Waals surface area contributed by atoms with Crippen molar-refractivity contribution in [1.29, 1.82) is 0 Å². The monoisotopic (exact) mass is 331 g/mol. The van der Waals surface area contributed by atoms with Crippen molar-refractivity contribution in [3.8, 4) is 0 Å². The number of nitrogens with one attached hydrogen (secondary N) is 1. The lowest BCUT2D eigenvalue weighted by atomic mass is 10.0. The highest BCUT2D eigenvalue weighted by molar-refractivity contribution is 5.39. The topological polar surface area (TPSA) is 76.2 Å². The molecule has 2 aromatic heterocycles. The van der Waals surface area contributed by atoms with E-state index in [0.717, 1.165) is 37.5 Å². The van der Waals surface area contributed by atoms with E-state index in [2.05, 4.69) is 20.3 Å². The number of hydrogen-bond acceptors (Lipinski definition) is 6. The summed E-state index contributed by atoms with van der Waals surface area (Å²) in [6, 6.07) is 3.89. The minimum Gasteiger partial charge on any atom is -0.447 e. The van der Waals surface area contributed by atoms with Crippen LogP contribution in [0.2, 0.25) is 0 Å². The van der Waals surface area contributed by atoms with Crippen LogP contribution in [0.5, 0.6) is 0 Å². The van der Waals surface area contributed by atoms with Crippen molar-refractivity contribution in [2.45, 2.75) is 51.7 Å². The molecule has 0 aliphatic carbocycles. The zero-order chi connectivity index (χ0) is 16.9. The Morgan fingerprint density at radius 1 is 1.38 bits per heavy atom. The molecular weight excluding hydrogens is 306 g/mol. The van der Waals surface area contributed by atoms with Crippen LogP contribution in [0.15, 0.2) is 33.9 Å². The van der Waals surface area contributed by atoms with Crippen molar-refractivity contribution in [3.05, 3.63) is 40.8 Å². The molecule has 2 aromatic rings. The van der Waals surface area contributed by atoms with E-state index in [1.54, 1.807) is 16.9 Å². The average Bonchev–Trinajstić information content (AvgIpc) is 3.09. The van der Waals surface area contributed by atoms with Gasteiger partial charge in [0.25, 0.3) is 5.56 Å². The maximum Gasteiger partial charge on any atom is 0.267 e. The van der Waals surface area contributed by atoms with E-state index in [4.69, 9.17) is 4.42 Å². The maximum absolute atomic E-state index is 11.9. The smallest absolute Gasteiger partial charge is 0.267 e. The van der Waals surface area contributed by atoms with Crippen LogP contribution in [-0.4, -0.2) is 33.9 Å². The number of aromatic nitrogens is 3. The van der Waals surface area contributed by atoms with E-state index in [9.17, 15) is 4.79 Å². The molecule has 24 heavy (non-hydrogen) atoms. The Hall–Kier alpha value is -2.15. The summed E-state index contributed by atoms with van der Waals surface area (Å²) in [5.41, 5.74) is -0.0502. The number of oxazole rings is 1. The van der Waals surface area contributed by atoms with Crippen molar-refractivity contribution in [3.63, 3.8) is 0 Å². The SMILES string of the molecule is CC(C)n1nc(N2CCCCC2CNCc2cnco2)ccc1=O. The Morgan fingerprint density at radius 2 is 2.25 bits per heavy atom. The molecule has 1 N–H and O–H groups in total. The quantitative estimate of drug-likeness (QED) is 0.872. The van der Waals surface area contributed by atoms with Gasteiger partial charge in [-0.1, -0.05) is 0 Å². The summed E-state index contributed by atoms with van der Waals surface area (Å²) in [4.78, 5) is 18.2. The molecule has 0 bridgehead atoms. The first-order chi connectivity index (χ1) is 11.6. The second kappa shape index (κ2) is 7.61. The standard InChI is InChI=1S/C17H25N5O2/c1-13(2)22-17(23)7-6-16(20-22)21-8-4-3-5-14(21)9-18-10-15-11-19-12-24-15/h6-7,11-14,18H,3-5,8-10H2,1-2H3. The lowest BCUT2D eigenvalue weighted by Gasteiger charge is -2.37. The maximum atomic E-state index is 11.9. The first-order valence-corrected chi connectivity index (χ1v) is 8.60. The largest absolute Gasteiger partial charge is 0.447 e. The molecule has 1 fully saturated rings. The van der Waals surface area contributed by atoms with E-state index in [1.165, 1.54) is 12.8 Å². The molecule has 1 atom stereocenters. The summed E-state index contributed by atoms with van der Waals surface area (Å²) in [5, 5.41) is 8.01. The van der Waals surface area contributed by atoms with E-state index in [-0.39, 0.29) is 11.6 Å². The van der Waals surface area contributed by atoms with Crippen LogP contribution in [0, 0.1) is 0 Å². The van der Waals surface area contributed by atoms with Gasteiger partial charge >= 0.3 is 0 Å². The number of piperidine rings is 1. The van der Waals surface area contributed by atoms with Gasteiger partial charge in [-0.3, -0.25) is 4.79 Å². The fraction of sp³-hybridized carbons (Fsp3) is 0.588. The van der Waals surface area contributed by atoms with E-state index >= 15 is 0 Å². The van der Waals surface area contributed by atoms with Crippen LogP contribution in [0.4, 0.5) is 5.82 Å². The fourth-order valence-electron chi connectivity index (χ4n) is 3.14. The highest BCUT2D eigenvalue weighted by Crippen LogP contribution is 2.22. The van der Waals surface area contributed by atoms with Gasteiger partial charge in [0.2, 0.25) is 0 Å². The zero-order valence-electron chi connectivity index (χ0n) is 14.3. The second-order valence-corrected chi connectivity index (χ2v) is 6.51. The molecule has 1 aliphatic rings. The van der Waals surface area contributed by atoms with E-state index in [1.807, 2.05) is 19.9 Å². The van der Waals surface area contributed by atoms with Crippen LogP contribution in [-0.2, 0) is 6.54 Å². The van der Waals surface area contributed by atoms with Gasteiger partial charge in [0, 0.05) is 25.2 Å². The van der Waals surface area contributed by atoms with Gasteiger partial charge in [0.05, 0.1) is 18.8 Å². The molecule has 0 radical (unpaired) electrons. The van der Waals surface area contributed by atoms with Crippen LogP contribution in [0.3, 0.4) is 0 Å². The minimum atomic E-state index is -0.0502. The summed E-state index contributed by atoms with van der Waals surface area (Å²) in [5.74, 6) is 1.72. The molecule has 1 unspecified atom stereocenters. The molecule has 1 aliphatic heterocycles. The lowest BCUT2D eigenvalue weighted by Crippen LogP contribution is -2.46. The summed E-state index contributed by atoms with van der Waals surface area (Å²) < 4.78 is 6.81. The number of rotatable bonds is 6. The van der Waals surface area contributed by atoms with Crippen molar-refractivity contribution < 1.29 is 4.42 Å². The van der Waals surface area contributed by atoms with Crippen molar-refractivity contribution in [2.75, 3.05) is 18.0 Å². The third-order valence-electron chi connectivity index (χ3n) is 4.38. The van der Waals surface area contributed by atoms with Crippen molar-refractivity contribution in [1.82, 2.24) is 20.1 Å². The van der Waals surface area contributed by atoms with Gasteiger partial charge in [-0.25, -0.2) is 9.67 Å². The van der Waals surface area contributed by atoms with Gasteiger partial charge in [-0.15, -0.1) is 0 Å². The van der Waals surface area contributed by atoms with Crippen LogP contribution in [0.1, 0.15) is 44.9 Å². The highest BCUT2D eigenvalue weighted by atomic mass is 16.3. The number of nitrogens with zero attached hydrogens (tertiary/aromatic N) is 4. The Bertz CT molecular complexity index is 695. The molecule has 3 rings (SSSR count). The van der Waals surface area contributed by atoms with Crippen LogP contribution < -0.4 is 15.8 Å². The van der Waals surface area contributed by atoms with Gasteiger partial charge in [0.15, 0.2) is 6.39 Å². The predicted molar refractivity (Wildman–Crippen MR) is 92.1 cm³/mol. The first kappa shape index (κ1) is 16.7. The minimum absolute atomic E-state index is 0.0502. The third kappa shape index (κ3) is 3.84. The summed E-state index contributed by atoms with van der Waals surface area (Å²) in [6.45, 7) is 6.44. The van der Waals surface area contributed by atoms with Crippen molar-refractivity contribution in [2.24, 2.45) is 0 Å². The molecule has 3 heterocycles. The zero-order valence-corrected chi connectivity index (χ0v) is 14.3. The summed E-state index contributed by atoms with van der Waals surface area (Å²) >= 11 is 0.